The predicted molar refractivity (Wildman–Crippen MR) is 116 cm³/mol. The molecule has 0 amide bonds. The van der Waals surface area contributed by atoms with Crippen molar-refractivity contribution in [3.8, 4) is 22.6 Å². The monoisotopic (exact) mass is 501 g/mol. The van der Waals surface area contributed by atoms with Crippen LogP contribution in [0.4, 0.5) is 32.2 Å². The van der Waals surface area contributed by atoms with E-state index in [2.05, 4.69) is 25.0 Å². The molecule has 0 saturated heterocycles. The maximum absolute atomic E-state index is 14.2. The van der Waals surface area contributed by atoms with Crippen LogP contribution >= 0.6 is 0 Å². The molecule has 0 saturated carbocycles. The average Bonchev–Trinajstić information content (AvgIpc) is 3.20. The lowest BCUT2D eigenvalue weighted by Crippen LogP contribution is -2.06. The van der Waals surface area contributed by atoms with Crippen LogP contribution in [0.25, 0.3) is 28.2 Å². The van der Waals surface area contributed by atoms with E-state index >= 15 is 0 Å². The van der Waals surface area contributed by atoms with Crippen LogP contribution in [0.15, 0.2) is 55.1 Å². The molecule has 182 valence electrons. The Balaban J connectivity index is 1.57. The van der Waals surface area contributed by atoms with Crippen LogP contribution in [-0.2, 0) is 12.6 Å². The van der Waals surface area contributed by atoms with Gasteiger partial charge in [-0.15, -0.1) is 0 Å². The average molecular weight is 501 g/mol. The minimum absolute atomic E-state index is 0.0128. The molecule has 5 aromatic rings. The van der Waals surface area contributed by atoms with E-state index in [1.165, 1.54) is 23.1 Å². The Morgan fingerprint density at radius 1 is 0.972 bits per heavy atom. The summed E-state index contributed by atoms with van der Waals surface area (Å²) in [6.45, 7) is 0. The number of benzene rings is 1. The quantitative estimate of drug-likeness (QED) is 0.279. The molecule has 1 aromatic carbocycles. The smallest absolute Gasteiger partial charge is 0.383 e. The minimum atomic E-state index is -4.60. The molecule has 13 heteroatoms. The Morgan fingerprint density at radius 2 is 1.78 bits per heavy atom. The number of pyridine rings is 1. The van der Waals surface area contributed by atoms with E-state index in [4.69, 9.17) is 5.73 Å². The van der Waals surface area contributed by atoms with Crippen molar-refractivity contribution in [2.24, 2.45) is 0 Å². The molecule has 0 radical (unpaired) electrons. The van der Waals surface area contributed by atoms with Crippen LogP contribution in [0.2, 0.25) is 0 Å². The summed E-state index contributed by atoms with van der Waals surface area (Å²) in [5.74, 6) is -3.49. The van der Waals surface area contributed by atoms with Crippen molar-refractivity contribution in [1.82, 2.24) is 29.5 Å². The lowest BCUT2D eigenvalue weighted by Gasteiger charge is -2.09. The second-order valence-corrected chi connectivity index (χ2v) is 7.69. The molecule has 0 atom stereocenters. The molecular formula is C23H13F6N7. The predicted octanol–water partition coefficient (Wildman–Crippen LogP) is 4.86. The van der Waals surface area contributed by atoms with E-state index in [0.29, 0.717) is 17.8 Å². The second-order valence-electron chi connectivity index (χ2n) is 7.69. The van der Waals surface area contributed by atoms with Crippen LogP contribution in [0.3, 0.4) is 0 Å². The summed E-state index contributed by atoms with van der Waals surface area (Å²) in [6, 6.07) is 5.38. The number of fused-ring (bicyclic) bond motifs is 1. The number of alkyl halides is 3. The van der Waals surface area contributed by atoms with Gasteiger partial charge in [-0.25, -0.2) is 32.6 Å². The van der Waals surface area contributed by atoms with Gasteiger partial charge < -0.3 is 5.73 Å². The highest BCUT2D eigenvalue weighted by Gasteiger charge is 2.31. The summed E-state index contributed by atoms with van der Waals surface area (Å²) in [5, 5.41) is 4.16. The molecule has 4 heterocycles. The van der Waals surface area contributed by atoms with Crippen molar-refractivity contribution < 1.29 is 26.3 Å². The van der Waals surface area contributed by atoms with Gasteiger partial charge in [-0.2, -0.15) is 18.3 Å². The molecule has 0 bridgehead atoms. The van der Waals surface area contributed by atoms with Crippen molar-refractivity contribution in [3.63, 3.8) is 0 Å². The van der Waals surface area contributed by atoms with Gasteiger partial charge in [0, 0.05) is 54.0 Å². The van der Waals surface area contributed by atoms with Crippen LogP contribution in [0, 0.1) is 17.5 Å². The minimum Gasteiger partial charge on any atom is -0.383 e. The standard InChI is InChI=1S/C23H13F6N7/c24-14-5-11(19(26)16(25)7-14)6-18-34-20(17-2-1-3-33-36(17)18)22-32-10-15(21(30)35-22)12-4-13(9-31-8-12)23(27,28)29/h1-5,7-10H,6H2,(H2,30,32,35). The summed E-state index contributed by atoms with van der Waals surface area (Å²) < 4.78 is 82.1. The Kier molecular flexibility index (Phi) is 5.54. The Labute approximate surface area is 198 Å². The summed E-state index contributed by atoms with van der Waals surface area (Å²) in [5.41, 5.74) is 5.55. The van der Waals surface area contributed by atoms with Gasteiger partial charge in [-0.1, -0.05) is 0 Å². The lowest BCUT2D eigenvalue weighted by molar-refractivity contribution is -0.137. The van der Waals surface area contributed by atoms with Gasteiger partial charge in [0.05, 0.1) is 11.1 Å². The fraction of sp³-hybridized carbons (Fsp3) is 0.0870. The Morgan fingerprint density at radius 3 is 2.53 bits per heavy atom. The number of nitrogens with zero attached hydrogens (tertiary/aromatic N) is 6. The van der Waals surface area contributed by atoms with Crippen LogP contribution < -0.4 is 5.73 Å². The van der Waals surface area contributed by atoms with E-state index in [1.807, 2.05) is 0 Å². The van der Waals surface area contributed by atoms with Crippen molar-refractivity contribution >= 4 is 11.3 Å². The molecule has 0 aliphatic heterocycles. The molecule has 0 spiro atoms. The Bertz CT molecular complexity index is 1610. The fourth-order valence-electron chi connectivity index (χ4n) is 3.65. The molecule has 5 rings (SSSR count). The third-order valence-corrected chi connectivity index (χ3v) is 5.30. The third-order valence-electron chi connectivity index (χ3n) is 5.30. The molecule has 2 N–H and O–H groups in total. The maximum atomic E-state index is 14.2. The highest BCUT2D eigenvalue weighted by atomic mass is 19.4. The van der Waals surface area contributed by atoms with Crippen molar-refractivity contribution in [2.45, 2.75) is 12.6 Å². The van der Waals surface area contributed by atoms with E-state index in [-0.39, 0.29) is 46.3 Å². The number of aromatic nitrogens is 6. The van der Waals surface area contributed by atoms with Crippen LogP contribution in [0.5, 0.6) is 0 Å². The zero-order valence-corrected chi connectivity index (χ0v) is 17.9. The first-order valence-corrected chi connectivity index (χ1v) is 10.2. The number of nitrogens with two attached hydrogens (primary N) is 1. The number of anilines is 1. The fourth-order valence-corrected chi connectivity index (χ4v) is 3.65. The molecule has 0 unspecified atom stereocenters. The topological polar surface area (TPSA) is 94.9 Å². The summed E-state index contributed by atoms with van der Waals surface area (Å²) in [6.07, 6.45) is -0.344. The molecular weight excluding hydrogens is 488 g/mol. The molecule has 36 heavy (non-hydrogen) atoms. The first-order valence-electron chi connectivity index (χ1n) is 10.2. The van der Waals surface area contributed by atoms with Gasteiger partial charge >= 0.3 is 6.18 Å². The van der Waals surface area contributed by atoms with E-state index in [0.717, 1.165) is 12.1 Å². The van der Waals surface area contributed by atoms with Crippen LogP contribution in [-0.4, -0.2) is 29.5 Å². The first kappa shape index (κ1) is 23.2. The van der Waals surface area contributed by atoms with Crippen molar-refractivity contribution in [3.05, 3.63) is 89.5 Å². The van der Waals surface area contributed by atoms with Crippen molar-refractivity contribution in [2.75, 3.05) is 5.73 Å². The summed E-state index contributed by atoms with van der Waals surface area (Å²) in [4.78, 5) is 16.4. The first-order chi connectivity index (χ1) is 17.1. The highest BCUT2D eigenvalue weighted by Crippen LogP contribution is 2.33. The van der Waals surface area contributed by atoms with Gasteiger partial charge in [0.25, 0.3) is 0 Å². The normalized spacial score (nSPS) is 11.8. The number of hydrogen-bond acceptors (Lipinski definition) is 6. The largest absolute Gasteiger partial charge is 0.417 e. The number of hydrogen-bond donors (Lipinski definition) is 1. The van der Waals surface area contributed by atoms with Gasteiger partial charge in [-0.05, 0) is 24.3 Å². The van der Waals surface area contributed by atoms with E-state index < -0.39 is 29.2 Å². The highest BCUT2D eigenvalue weighted by molar-refractivity contribution is 5.78. The van der Waals surface area contributed by atoms with E-state index in [1.54, 1.807) is 12.1 Å². The zero-order chi connectivity index (χ0) is 25.6. The lowest BCUT2D eigenvalue weighted by atomic mass is 10.1. The van der Waals surface area contributed by atoms with Gasteiger partial charge in [0.1, 0.15) is 23.2 Å². The van der Waals surface area contributed by atoms with E-state index in [9.17, 15) is 26.3 Å². The van der Waals surface area contributed by atoms with Gasteiger partial charge in [0.15, 0.2) is 17.5 Å². The molecule has 7 nitrogen and oxygen atoms in total. The zero-order valence-electron chi connectivity index (χ0n) is 17.9. The van der Waals surface area contributed by atoms with Gasteiger partial charge in [0.2, 0.25) is 0 Å². The number of nitrogen functional groups attached to an aromatic ring is 1. The van der Waals surface area contributed by atoms with Crippen LogP contribution in [0.1, 0.15) is 17.0 Å². The molecule has 0 aliphatic rings. The summed E-state index contributed by atoms with van der Waals surface area (Å²) >= 11 is 0. The van der Waals surface area contributed by atoms with Crippen molar-refractivity contribution in [1.29, 1.82) is 0 Å². The maximum Gasteiger partial charge on any atom is 0.417 e. The summed E-state index contributed by atoms with van der Waals surface area (Å²) in [7, 11) is 0. The van der Waals surface area contributed by atoms with Gasteiger partial charge in [-0.3, -0.25) is 4.98 Å². The molecule has 4 aromatic heterocycles. The SMILES string of the molecule is Nc1nc(-c2nc(Cc3cc(F)cc(F)c3F)n3ncccc23)ncc1-c1cncc(C(F)(F)F)c1. The second kappa shape index (κ2) is 8.59. The third kappa shape index (κ3) is 4.19. The number of rotatable bonds is 4. The number of imidazole rings is 1. The molecule has 0 fully saturated rings. The Hall–Kier alpha value is -4.55. The number of halogens is 6. The molecule has 0 aliphatic carbocycles.